The minimum Gasteiger partial charge on any atom is -0.320 e. The number of Topliss-reactive ketones (excluding diaryl/α,β-unsaturated/α-hetero) is 2. The molecule has 0 spiro atoms. The van der Waals surface area contributed by atoms with Crippen molar-refractivity contribution in [3.8, 4) is 11.3 Å². The van der Waals surface area contributed by atoms with Gasteiger partial charge >= 0.3 is 0 Å². The Hall–Kier alpha value is -2.72. The Kier molecular flexibility index (Phi) is 4.00. The van der Waals surface area contributed by atoms with Crippen LogP contribution in [0, 0.1) is 0 Å². The molecule has 1 heterocycles. The molecule has 130 valence electrons. The van der Waals surface area contributed by atoms with Crippen LogP contribution >= 0.6 is 11.6 Å². The highest BCUT2D eigenvalue weighted by Crippen LogP contribution is 2.35. The number of nitrogens with zero attached hydrogens (tertiary/aromatic N) is 2. The normalized spacial score (nSPS) is 13.1. The molecule has 0 N–H and O–H groups in total. The van der Waals surface area contributed by atoms with Crippen molar-refractivity contribution >= 4 is 23.2 Å². The standard InChI is InChI=1S/C21H17ClN2O2/c1-12(2)21-23-17-15-8-3-4-9-16(15)19(25)20(26)18(17)24(21)11-13-6-5-7-14(22)10-13/h3-10,12H,11H2,1-2H3. The highest BCUT2D eigenvalue weighted by Gasteiger charge is 2.36. The van der Waals surface area contributed by atoms with E-state index in [0.717, 1.165) is 17.0 Å². The number of ketones is 2. The molecule has 0 saturated heterocycles. The Morgan fingerprint density at radius 1 is 1.00 bits per heavy atom. The minimum absolute atomic E-state index is 0.106. The Balaban J connectivity index is 1.95. The van der Waals surface area contributed by atoms with Crippen molar-refractivity contribution in [1.29, 1.82) is 0 Å². The molecule has 2 aromatic carbocycles. The molecule has 0 unspecified atom stereocenters. The van der Waals surface area contributed by atoms with Gasteiger partial charge in [-0.1, -0.05) is 61.8 Å². The van der Waals surface area contributed by atoms with E-state index in [-0.39, 0.29) is 5.92 Å². The highest BCUT2D eigenvalue weighted by molar-refractivity contribution is 6.52. The van der Waals surface area contributed by atoms with Gasteiger partial charge in [0.15, 0.2) is 0 Å². The summed E-state index contributed by atoms with van der Waals surface area (Å²) in [6.45, 7) is 4.50. The molecule has 0 amide bonds. The molecule has 0 radical (unpaired) electrons. The van der Waals surface area contributed by atoms with Crippen LogP contribution in [0.15, 0.2) is 48.5 Å². The Morgan fingerprint density at radius 3 is 2.42 bits per heavy atom. The molecular weight excluding hydrogens is 348 g/mol. The first-order chi connectivity index (χ1) is 12.5. The topological polar surface area (TPSA) is 52.0 Å². The van der Waals surface area contributed by atoms with Crippen LogP contribution in [-0.2, 0) is 6.54 Å². The van der Waals surface area contributed by atoms with Gasteiger partial charge in [0, 0.05) is 28.6 Å². The maximum absolute atomic E-state index is 12.9. The molecule has 4 rings (SSSR count). The van der Waals surface area contributed by atoms with Crippen molar-refractivity contribution in [3.05, 3.63) is 76.2 Å². The zero-order chi connectivity index (χ0) is 18.4. The number of hydrogen-bond acceptors (Lipinski definition) is 3. The summed E-state index contributed by atoms with van der Waals surface area (Å²) in [6, 6.07) is 14.6. The number of benzene rings is 2. The van der Waals surface area contributed by atoms with Crippen molar-refractivity contribution in [3.63, 3.8) is 0 Å². The average molecular weight is 365 g/mol. The van der Waals surface area contributed by atoms with E-state index in [4.69, 9.17) is 16.6 Å². The maximum Gasteiger partial charge on any atom is 0.252 e. The number of carbonyl (C=O) groups excluding carboxylic acids is 2. The average Bonchev–Trinajstić information content (AvgIpc) is 2.99. The zero-order valence-electron chi connectivity index (χ0n) is 14.5. The number of halogens is 1. The lowest BCUT2D eigenvalue weighted by Crippen LogP contribution is -2.24. The smallest absolute Gasteiger partial charge is 0.252 e. The molecule has 0 aliphatic heterocycles. The van der Waals surface area contributed by atoms with E-state index in [1.807, 2.05) is 54.8 Å². The van der Waals surface area contributed by atoms with Gasteiger partial charge in [0.25, 0.3) is 5.78 Å². The predicted molar refractivity (Wildman–Crippen MR) is 101 cm³/mol. The Morgan fingerprint density at radius 2 is 1.73 bits per heavy atom. The fourth-order valence-corrected chi connectivity index (χ4v) is 3.64. The van der Waals surface area contributed by atoms with Gasteiger partial charge in [-0.2, -0.15) is 0 Å². The Labute approximate surface area is 156 Å². The van der Waals surface area contributed by atoms with Crippen LogP contribution in [0.2, 0.25) is 5.02 Å². The van der Waals surface area contributed by atoms with E-state index in [2.05, 4.69) is 0 Å². The SMILES string of the molecule is CC(C)c1nc2c(n1Cc1cccc(Cl)c1)C(=O)C(=O)c1ccccc1-2. The second kappa shape index (κ2) is 6.22. The van der Waals surface area contributed by atoms with Gasteiger partial charge in [-0.3, -0.25) is 9.59 Å². The first-order valence-electron chi connectivity index (χ1n) is 8.50. The Bertz CT molecular complexity index is 1050. The molecule has 0 fully saturated rings. The van der Waals surface area contributed by atoms with Crippen molar-refractivity contribution in [2.45, 2.75) is 26.3 Å². The summed E-state index contributed by atoms with van der Waals surface area (Å²) < 4.78 is 1.86. The van der Waals surface area contributed by atoms with Crippen LogP contribution in [-0.4, -0.2) is 21.1 Å². The number of hydrogen-bond donors (Lipinski definition) is 0. The zero-order valence-corrected chi connectivity index (χ0v) is 15.2. The number of carbonyl (C=O) groups is 2. The van der Waals surface area contributed by atoms with Gasteiger partial charge in [-0.25, -0.2) is 4.98 Å². The van der Waals surface area contributed by atoms with Gasteiger partial charge in [-0.15, -0.1) is 0 Å². The first kappa shape index (κ1) is 16.7. The predicted octanol–water partition coefficient (Wildman–Crippen LogP) is 4.75. The van der Waals surface area contributed by atoms with Crippen LogP contribution in [0.1, 0.15) is 52.0 Å². The first-order valence-corrected chi connectivity index (χ1v) is 8.88. The lowest BCUT2D eigenvalue weighted by molar-refractivity contribution is 0.0810. The van der Waals surface area contributed by atoms with E-state index in [9.17, 15) is 9.59 Å². The summed E-state index contributed by atoms with van der Waals surface area (Å²) in [5.41, 5.74) is 3.07. The van der Waals surface area contributed by atoms with E-state index in [0.29, 0.717) is 28.5 Å². The third-order valence-electron chi connectivity index (χ3n) is 4.59. The molecule has 0 bridgehead atoms. The second-order valence-electron chi connectivity index (χ2n) is 6.74. The van der Waals surface area contributed by atoms with Gasteiger partial charge in [0.2, 0.25) is 5.78 Å². The van der Waals surface area contributed by atoms with Crippen LogP contribution in [0.3, 0.4) is 0 Å². The van der Waals surface area contributed by atoms with Crippen molar-refractivity contribution in [1.82, 2.24) is 9.55 Å². The summed E-state index contributed by atoms with van der Waals surface area (Å²) >= 11 is 6.10. The third-order valence-corrected chi connectivity index (χ3v) is 4.83. The van der Waals surface area contributed by atoms with Gasteiger partial charge in [-0.05, 0) is 17.7 Å². The molecule has 5 heteroatoms. The summed E-state index contributed by atoms with van der Waals surface area (Å²) in [7, 11) is 0. The highest BCUT2D eigenvalue weighted by atomic mass is 35.5. The third kappa shape index (κ3) is 2.58. The monoisotopic (exact) mass is 364 g/mol. The molecule has 0 atom stereocenters. The fraction of sp³-hybridized carbons (Fsp3) is 0.190. The molecule has 1 aliphatic carbocycles. The summed E-state index contributed by atoms with van der Waals surface area (Å²) in [4.78, 5) is 30.2. The fourth-order valence-electron chi connectivity index (χ4n) is 3.42. The van der Waals surface area contributed by atoms with Crippen molar-refractivity contribution in [2.24, 2.45) is 0 Å². The lowest BCUT2D eigenvalue weighted by atomic mass is 9.90. The van der Waals surface area contributed by atoms with Crippen LogP contribution in [0.4, 0.5) is 0 Å². The van der Waals surface area contributed by atoms with Crippen LogP contribution in [0.5, 0.6) is 0 Å². The van der Waals surface area contributed by atoms with E-state index >= 15 is 0 Å². The van der Waals surface area contributed by atoms with Gasteiger partial charge in [0.1, 0.15) is 17.2 Å². The molecule has 4 nitrogen and oxygen atoms in total. The van der Waals surface area contributed by atoms with Gasteiger partial charge in [0.05, 0.1) is 0 Å². The van der Waals surface area contributed by atoms with Gasteiger partial charge < -0.3 is 4.57 Å². The summed E-state index contributed by atoms with van der Waals surface area (Å²) in [5.74, 6) is -0.0848. The molecule has 1 aromatic heterocycles. The summed E-state index contributed by atoms with van der Waals surface area (Å²) in [6.07, 6.45) is 0. The van der Waals surface area contributed by atoms with Crippen molar-refractivity contribution in [2.75, 3.05) is 0 Å². The summed E-state index contributed by atoms with van der Waals surface area (Å²) in [5, 5.41) is 0.635. The molecular formula is C21H17ClN2O2. The molecule has 3 aromatic rings. The number of aromatic nitrogens is 2. The molecule has 0 saturated carbocycles. The van der Waals surface area contributed by atoms with Crippen LogP contribution < -0.4 is 0 Å². The number of imidazole rings is 1. The quantitative estimate of drug-likeness (QED) is 0.630. The number of rotatable bonds is 3. The van der Waals surface area contributed by atoms with E-state index in [1.54, 1.807) is 12.1 Å². The minimum atomic E-state index is -0.500. The molecule has 1 aliphatic rings. The van der Waals surface area contributed by atoms with Crippen molar-refractivity contribution < 1.29 is 9.59 Å². The number of fused-ring (bicyclic) bond motifs is 3. The van der Waals surface area contributed by atoms with E-state index < -0.39 is 11.6 Å². The lowest BCUT2D eigenvalue weighted by Gasteiger charge is -2.17. The largest absolute Gasteiger partial charge is 0.320 e. The maximum atomic E-state index is 12.9. The second-order valence-corrected chi connectivity index (χ2v) is 7.18. The van der Waals surface area contributed by atoms with E-state index in [1.165, 1.54) is 0 Å². The molecule has 26 heavy (non-hydrogen) atoms. The van der Waals surface area contributed by atoms with Crippen LogP contribution in [0.25, 0.3) is 11.3 Å².